The Morgan fingerprint density at radius 3 is 2.67 bits per heavy atom. The molecule has 2 aromatic carbocycles. The van der Waals surface area contributed by atoms with Crippen LogP contribution in [0.25, 0.3) is 22.2 Å². The number of nitrogens with zero attached hydrogens (tertiary/aromatic N) is 1. The number of thiophene rings is 1. The first kappa shape index (κ1) is 24.7. The molecule has 0 radical (unpaired) electrons. The molecule has 7 heteroatoms. The summed E-state index contributed by atoms with van der Waals surface area (Å²) in [5, 5.41) is 4.42. The molecule has 4 aromatic rings. The highest BCUT2D eigenvalue weighted by molar-refractivity contribution is 9.10. The maximum atomic E-state index is 13.7. The van der Waals surface area contributed by atoms with Crippen LogP contribution in [0.5, 0.6) is 0 Å². The molecular weight excluding hydrogens is 536 g/mol. The second-order valence-corrected chi connectivity index (χ2v) is 11.0. The van der Waals surface area contributed by atoms with Gasteiger partial charge in [-0.1, -0.05) is 59.6 Å². The van der Waals surface area contributed by atoms with Crippen LogP contribution in [-0.4, -0.2) is 23.5 Å². The van der Waals surface area contributed by atoms with E-state index in [4.69, 9.17) is 9.72 Å². The molecule has 1 unspecified atom stereocenters. The molecule has 1 N–H and O–H groups in total. The first-order valence-corrected chi connectivity index (χ1v) is 13.9. The van der Waals surface area contributed by atoms with E-state index in [1.165, 1.54) is 16.2 Å². The van der Waals surface area contributed by atoms with Crippen LogP contribution in [0.1, 0.15) is 57.8 Å². The van der Waals surface area contributed by atoms with Crippen molar-refractivity contribution in [1.82, 2.24) is 4.98 Å². The quantitative estimate of drug-likeness (QED) is 0.245. The molecule has 0 aliphatic heterocycles. The number of hydrogen-bond acceptors (Lipinski definition) is 5. The predicted octanol–water partition coefficient (Wildman–Crippen LogP) is 7.67. The first-order chi connectivity index (χ1) is 17.5. The molecule has 0 saturated carbocycles. The second kappa shape index (κ2) is 10.5. The average molecular weight is 564 g/mol. The fraction of sp³-hybridized carbons (Fsp3) is 0.276. The number of ether oxygens (including phenoxy) is 1. The molecule has 1 aliphatic carbocycles. The van der Waals surface area contributed by atoms with Crippen LogP contribution in [0.4, 0.5) is 5.00 Å². The van der Waals surface area contributed by atoms with Gasteiger partial charge in [-0.25, -0.2) is 9.78 Å². The molecule has 36 heavy (non-hydrogen) atoms. The van der Waals surface area contributed by atoms with Crippen molar-refractivity contribution in [1.29, 1.82) is 0 Å². The Balaban J connectivity index is 1.56. The summed E-state index contributed by atoms with van der Waals surface area (Å²) in [6.45, 7) is 4.30. The summed E-state index contributed by atoms with van der Waals surface area (Å²) in [4.78, 5) is 32.7. The second-order valence-electron chi connectivity index (χ2n) is 8.98. The van der Waals surface area contributed by atoms with Crippen LogP contribution in [0.15, 0.2) is 59.1 Å². The summed E-state index contributed by atoms with van der Waals surface area (Å²) < 4.78 is 6.37. The normalized spacial score (nSPS) is 14.9. The molecule has 0 fully saturated rings. The standard InChI is InChI=1S/C29H27BrN2O3S/c1-3-17-9-14-21-25(15-17)36-28(26(21)29(34)35-4-2)32-27(33)22-16-24(18-10-12-19(30)13-11-18)31-23-8-6-5-7-20(22)23/h5-8,10-13,16-17H,3-4,9,14-15H2,1-2H3,(H,32,33). The van der Waals surface area contributed by atoms with E-state index in [0.29, 0.717) is 34.3 Å². The maximum absolute atomic E-state index is 13.7. The van der Waals surface area contributed by atoms with Gasteiger partial charge in [0, 0.05) is 20.3 Å². The average Bonchev–Trinajstić information content (AvgIpc) is 3.25. The molecule has 5 nitrogen and oxygen atoms in total. The van der Waals surface area contributed by atoms with E-state index in [-0.39, 0.29) is 11.9 Å². The van der Waals surface area contributed by atoms with Crippen LogP contribution in [0.2, 0.25) is 0 Å². The number of nitrogens with one attached hydrogen (secondary N) is 1. The van der Waals surface area contributed by atoms with Crippen molar-refractivity contribution in [2.45, 2.75) is 39.5 Å². The van der Waals surface area contributed by atoms with Gasteiger partial charge < -0.3 is 10.1 Å². The number of para-hydroxylation sites is 1. The van der Waals surface area contributed by atoms with E-state index < -0.39 is 0 Å². The van der Waals surface area contributed by atoms with E-state index in [0.717, 1.165) is 52.2 Å². The Morgan fingerprint density at radius 2 is 1.92 bits per heavy atom. The van der Waals surface area contributed by atoms with Gasteiger partial charge in [-0.15, -0.1) is 11.3 Å². The number of aromatic nitrogens is 1. The van der Waals surface area contributed by atoms with E-state index in [1.807, 2.05) is 54.6 Å². The number of amides is 1. The lowest BCUT2D eigenvalue weighted by Crippen LogP contribution is -2.17. The van der Waals surface area contributed by atoms with Gasteiger partial charge in [0.05, 0.1) is 28.9 Å². The Hall–Kier alpha value is -3.03. The summed E-state index contributed by atoms with van der Waals surface area (Å²) in [6.07, 6.45) is 3.92. The van der Waals surface area contributed by atoms with Crippen LogP contribution in [0, 0.1) is 5.92 Å². The summed E-state index contributed by atoms with van der Waals surface area (Å²) >= 11 is 4.99. The third-order valence-corrected chi connectivity index (χ3v) is 8.45. The van der Waals surface area contributed by atoms with Gasteiger partial charge in [0.2, 0.25) is 0 Å². The minimum Gasteiger partial charge on any atom is -0.462 e. The number of hydrogen-bond donors (Lipinski definition) is 1. The fourth-order valence-corrected chi connectivity index (χ4v) is 6.42. The minimum atomic E-state index is -0.365. The first-order valence-electron chi connectivity index (χ1n) is 12.3. The topological polar surface area (TPSA) is 68.3 Å². The third-order valence-electron chi connectivity index (χ3n) is 6.75. The van der Waals surface area contributed by atoms with Crippen LogP contribution in [-0.2, 0) is 17.6 Å². The lowest BCUT2D eigenvalue weighted by atomic mass is 9.85. The van der Waals surface area contributed by atoms with E-state index >= 15 is 0 Å². The van der Waals surface area contributed by atoms with Crippen molar-refractivity contribution in [2.75, 3.05) is 11.9 Å². The Morgan fingerprint density at radius 1 is 1.14 bits per heavy atom. The lowest BCUT2D eigenvalue weighted by molar-refractivity contribution is 0.0526. The fourth-order valence-electron chi connectivity index (χ4n) is 4.81. The van der Waals surface area contributed by atoms with Crippen molar-refractivity contribution in [2.24, 2.45) is 5.92 Å². The molecule has 0 saturated heterocycles. The number of pyridine rings is 1. The van der Waals surface area contributed by atoms with Gasteiger partial charge >= 0.3 is 5.97 Å². The number of esters is 1. The molecule has 0 bridgehead atoms. The monoisotopic (exact) mass is 562 g/mol. The Labute approximate surface area is 223 Å². The Bertz CT molecular complexity index is 1450. The molecular formula is C29H27BrN2O3S. The maximum Gasteiger partial charge on any atom is 0.341 e. The van der Waals surface area contributed by atoms with E-state index in [2.05, 4.69) is 28.2 Å². The number of rotatable bonds is 6. The lowest BCUT2D eigenvalue weighted by Gasteiger charge is -2.20. The number of benzene rings is 2. The van der Waals surface area contributed by atoms with Crippen molar-refractivity contribution in [3.05, 3.63) is 80.6 Å². The zero-order valence-corrected chi connectivity index (χ0v) is 22.7. The number of carbonyl (C=O) groups is 2. The summed E-state index contributed by atoms with van der Waals surface area (Å²) in [6, 6.07) is 17.3. The minimum absolute atomic E-state index is 0.261. The SMILES string of the molecule is CCOC(=O)c1c(NC(=O)c2cc(-c3ccc(Br)cc3)nc3ccccc23)sc2c1CCC(CC)C2. The van der Waals surface area contributed by atoms with Crippen molar-refractivity contribution in [3.63, 3.8) is 0 Å². The molecule has 184 valence electrons. The zero-order valence-electron chi connectivity index (χ0n) is 20.3. The van der Waals surface area contributed by atoms with Crippen LogP contribution in [0.3, 0.4) is 0 Å². The van der Waals surface area contributed by atoms with Crippen molar-refractivity contribution in [3.8, 4) is 11.3 Å². The number of carbonyl (C=O) groups excluding carboxylic acids is 2. The molecule has 1 atom stereocenters. The zero-order chi connectivity index (χ0) is 25.2. The van der Waals surface area contributed by atoms with Gasteiger partial charge in [-0.2, -0.15) is 0 Å². The van der Waals surface area contributed by atoms with Gasteiger partial charge in [0.25, 0.3) is 5.91 Å². The highest BCUT2D eigenvalue weighted by Gasteiger charge is 2.30. The highest BCUT2D eigenvalue weighted by atomic mass is 79.9. The molecule has 1 amide bonds. The van der Waals surface area contributed by atoms with Gasteiger partial charge in [-0.05, 0) is 61.9 Å². The summed E-state index contributed by atoms with van der Waals surface area (Å²) in [5.74, 6) is -0.0223. The van der Waals surface area contributed by atoms with Crippen molar-refractivity contribution >= 4 is 55.0 Å². The number of fused-ring (bicyclic) bond motifs is 2. The summed E-state index contributed by atoms with van der Waals surface area (Å²) in [7, 11) is 0. The van der Waals surface area contributed by atoms with Crippen LogP contribution < -0.4 is 5.32 Å². The molecule has 2 aromatic heterocycles. The molecule has 1 aliphatic rings. The highest BCUT2D eigenvalue weighted by Crippen LogP contribution is 2.41. The summed E-state index contributed by atoms with van der Waals surface area (Å²) in [5.41, 5.74) is 4.45. The Kier molecular flexibility index (Phi) is 7.21. The van der Waals surface area contributed by atoms with E-state index in [1.54, 1.807) is 6.92 Å². The van der Waals surface area contributed by atoms with Crippen LogP contribution >= 0.6 is 27.3 Å². The molecule has 0 spiro atoms. The van der Waals surface area contributed by atoms with Gasteiger partial charge in [0.1, 0.15) is 5.00 Å². The van der Waals surface area contributed by atoms with E-state index in [9.17, 15) is 9.59 Å². The van der Waals surface area contributed by atoms with Gasteiger partial charge in [0.15, 0.2) is 0 Å². The largest absolute Gasteiger partial charge is 0.462 e. The number of halogens is 1. The van der Waals surface area contributed by atoms with Crippen molar-refractivity contribution < 1.29 is 14.3 Å². The predicted molar refractivity (Wildman–Crippen MR) is 149 cm³/mol. The molecule has 5 rings (SSSR count). The molecule has 2 heterocycles. The number of anilines is 1. The smallest absolute Gasteiger partial charge is 0.341 e. The van der Waals surface area contributed by atoms with Gasteiger partial charge in [-0.3, -0.25) is 4.79 Å². The third kappa shape index (κ3) is 4.82.